The number of carbonyl (C=O) groups is 2. The third kappa shape index (κ3) is 5.73. The maximum Gasteiger partial charge on any atom is 0.343 e. The van der Waals surface area contributed by atoms with Gasteiger partial charge in [-0.05, 0) is 31.0 Å². The molecule has 6 heteroatoms. The molecular formula is C16H24N2O4. The Bertz CT molecular complexity index is 515. The monoisotopic (exact) mass is 308 g/mol. The van der Waals surface area contributed by atoms with Gasteiger partial charge in [0.15, 0.2) is 6.61 Å². The van der Waals surface area contributed by atoms with Crippen LogP contribution in [0.3, 0.4) is 0 Å². The average Bonchev–Trinajstić information content (AvgIpc) is 2.50. The van der Waals surface area contributed by atoms with Crippen LogP contribution in [0.5, 0.6) is 5.75 Å². The van der Waals surface area contributed by atoms with Crippen LogP contribution in [0.15, 0.2) is 24.3 Å². The molecule has 0 aliphatic carbocycles. The molecule has 122 valence electrons. The number of hydrogen-bond acceptors (Lipinski definition) is 5. The molecule has 0 aliphatic rings. The Labute approximate surface area is 131 Å². The van der Waals surface area contributed by atoms with Gasteiger partial charge in [0.2, 0.25) is 5.91 Å². The summed E-state index contributed by atoms with van der Waals surface area (Å²) in [7, 11) is 1.30. The van der Waals surface area contributed by atoms with Crippen LogP contribution in [-0.2, 0) is 20.9 Å². The molecule has 1 rings (SSSR count). The Hall–Kier alpha value is -2.08. The molecule has 3 N–H and O–H groups in total. The van der Waals surface area contributed by atoms with E-state index in [1.807, 2.05) is 13.0 Å². The second-order valence-corrected chi connectivity index (χ2v) is 5.36. The third-order valence-corrected chi connectivity index (χ3v) is 3.22. The number of benzene rings is 1. The molecule has 0 bridgehead atoms. The zero-order valence-electron chi connectivity index (χ0n) is 13.3. The molecule has 0 radical (unpaired) electrons. The van der Waals surface area contributed by atoms with Crippen LogP contribution in [0.2, 0.25) is 0 Å². The largest absolute Gasteiger partial charge is 0.482 e. The van der Waals surface area contributed by atoms with Crippen molar-refractivity contribution >= 4 is 11.9 Å². The molecule has 0 spiro atoms. The first-order valence-corrected chi connectivity index (χ1v) is 7.24. The summed E-state index contributed by atoms with van der Waals surface area (Å²) in [5.74, 6) is -0.0892. The minimum absolute atomic E-state index is 0.149. The highest BCUT2D eigenvalue weighted by atomic mass is 16.6. The highest BCUT2D eigenvalue weighted by molar-refractivity contribution is 5.85. The van der Waals surface area contributed by atoms with Crippen molar-refractivity contribution in [2.45, 2.75) is 38.8 Å². The van der Waals surface area contributed by atoms with Gasteiger partial charge in [0, 0.05) is 6.54 Å². The number of ether oxygens (including phenoxy) is 2. The molecule has 1 atom stereocenters. The molecular weight excluding hydrogens is 284 g/mol. The van der Waals surface area contributed by atoms with Gasteiger partial charge < -0.3 is 20.5 Å². The number of rotatable bonds is 8. The minimum atomic E-state index is -0.867. The van der Waals surface area contributed by atoms with Gasteiger partial charge >= 0.3 is 5.97 Å². The summed E-state index contributed by atoms with van der Waals surface area (Å²) in [5, 5.41) is 2.82. The molecule has 1 aromatic rings. The predicted octanol–water partition coefficient (Wildman–Crippen LogP) is 1.37. The molecule has 1 amide bonds. The molecule has 6 nitrogen and oxygen atoms in total. The summed E-state index contributed by atoms with van der Waals surface area (Å²) in [6.45, 7) is 3.91. The first-order chi connectivity index (χ1) is 10.4. The number of methoxy groups -OCH3 is 1. The van der Waals surface area contributed by atoms with E-state index in [2.05, 4.69) is 10.1 Å². The minimum Gasteiger partial charge on any atom is -0.482 e. The molecule has 0 fully saturated rings. The van der Waals surface area contributed by atoms with Crippen LogP contribution in [0.1, 0.15) is 32.3 Å². The van der Waals surface area contributed by atoms with Crippen molar-refractivity contribution in [2.75, 3.05) is 13.7 Å². The van der Waals surface area contributed by atoms with E-state index in [4.69, 9.17) is 10.5 Å². The van der Waals surface area contributed by atoms with Crippen LogP contribution in [0, 0.1) is 0 Å². The Morgan fingerprint density at radius 1 is 1.36 bits per heavy atom. The third-order valence-electron chi connectivity index (χ3n) is 3.22. The number of nitrogens with one attached hydrogen (secondary N) is 1. The Balaban J connectivity index is 2.56. The van der Waals surface area contributed by atoms with E-state index in [0.717, 1.165) is 12.0 Å². The van der Waals surface area contributed by atoms with Crippen molar-refractivity contribution in [1.82, 2.24) is 5.32 Å². The van der Waals surface area contributed by atoms with E-state index >= 15 is 0 Å². The first-order valence-electron chi connectivity index (χ1n) is 7.24. The first kappa shape index (κ1) is 18.0. The lowest BCUT2D eigenvalue weighted by atomic mass is 9.96. The van der Waals surface area contributed by atoms with Gasteiger partial charge in [0.1, 0.15) is 5.75 Å². The van der Waals surface area contributed by atoms with E-state index in [1.165, 1.54) is 7.11 Å². The number of carbonyl (C=O) groups excluding carboxylic acids is 2. The fraction of sp³-hybridized carbons (Fsp3) is 0.500. The summed E-state index contributed by atoms with van der Waals surface area (Å²) in [4.78, 5) is 23.1. The van der Waals surface area contributed by atoms with E-state index in [-0.39, 0.29) is 12.5 Å². The Kier molecular flexibility index (Phi) is 6.85. The summed E-state index contributed by atoms with van der Waals surface area (Å²) in [6, 6.07) is 7.15. The Morgan fingerprint density at radius 3 is 2.73 bits per heavy atom. The topological polar surface area (TPSA) is 90.7 Å². The van der Waals surface area contributed by atoms with Crippen molar-refractivity contribution in [2.24, 2.45) is 5.73 Å². The fourth-order valence-electron chi connectivity index (χ4n) is 1.96. The molecule has 0 heterocycles. The highest BCUT2D eigenvalue weighted by Gasteiger charge is 2.26. The SMILES string of the molecule is CCCC(C)(N)C(=O)NCc1cccc(OCC(=O)OC)c1. The van der Waals surface area contributed by atoms with Crippen LogP contribution in [0.4, 0.5) is 0 Å². The second kappa shape index (κ2) is 8.38. The summed E-state index contributed by atoms with van der Waals surface area (Å²) < 4.78 is 9.81. The van der Waals surface area contributed by atoms with Crippen LogP contribution < -0.4 is 15.8 Å². The van der Waals surface area contributed by atoms with E-state index in [0.29, 0.717) is 18.7 Å². The maximum absolute atomic E-state index is 12.0. The number of nitrogens with two attached hydrogens (primary N) is 1. The fourth-order valence-corrected chi connectivity index (χ4v) is 1.96. The van der Waals surface area contributed by atoms with Crippen molar-refractivity contribution in [3.8, 4) is 5.75 Å². The normalized spacial score (nSPS) is 13.1. The smallest absolute Gasteiger partial charge is 0.343 e. The summed E-state index contributed by atoms with van der Waals surface area (Å²) in [5.41, 5.74) is 5.97. The maximum atomic E-state index is 12.0. The van der Waals surface area contributed by atoms with E-state index in [9.17, 15) is 9.59 Å². The van der Waals surface area contributed by atoms with Crippen molar-refractivity contribution in [1.29, 1.82) is 0 Å². The van der Waals surface area contributed by atoms with Crippen LogP contribution in [-0.4, -0.2) is 31.1 Å². The van der Waals surface area contributed by atoms with Crippen LogP contribution in [0.25, 0.3) is 0 Å². The zero-order chi connectivity index (χ0) is 16.6. The molecule has 1 unspecified atom stereocenters. The number of hydrogen-bond donors (Lipinski definition) is 2. The van der Waals surface area contributed by atoms with Crippen molar-refractivity contribution in [3.05, 3.63) is 29.8 Å². The van der Waals surface area contributed by atoms with Gasteiger partial charge in [-0.3, -0.25) is 4.79 Å². The lowest BCUT2D eigenvalue weighted by Crippen LogP contribution is -2.51. The average molecular weight is 308 g/mol. The molecule has 0 aliphatic heterocycles. The molecule has 1 aromatic carbocycles. The van der Waals surface area contributed by atoms with Crippen molar-refractivity contribution < 1.29 is 19.1 Å². The lowest BCUT2D eigenvalue weighted by molar-refractivity contribution is -0.142. The summed E-state index contributed by atoms with van der Waals surface area (Å²) >= 11 is 0. The highest BCUT2D eigenvalue weighted by Crippen LogP contribution is 2.14. The van der Waals surface area contributed by atoms with Crippen molar-refractivity contribution in [3.63, 3.8) is 0 Å². The zero-order valence-corrected chi connectivity index (χ0v) is 13.3. The molecule has 0 aromatic heterocycles. The van der Waals surface area contributed by atoms with Gasteiger partial charge in [0.05, 0.1) is 12.6 Å². The second-order valence-electron chi connectivity index (χ2n) is 5.36. The molecule has 0 saturated heterocycles. The standard InChI is InChI=1S/C16H24N2O4/c1-4-8-16(2,17)15(20)18-10-12-6-5-7-13(9-12)22-11-14(19)21-3/h5-7,9H,4,8,10-11,17H2,1-3H3,(H,18,20). The van der Waals surface area contributed by atoms with Gasteiger partial charge in [-0.15, -0.1) is 0 Å². The van der Waals surface area contributed by atoms with Gasteiger partial charge in [-0.25, -0.2) is 4.79 Å². The molecule has 22 heavy (non-hydrogen) atoms. The number of amides is 1. The van der Waals surface area contributed by atoms with E-state index < -0.39 is 11.5 Å². The van der Waals surface area contributed by atoms with Gasteiger partial charge in [-0.1, -0.05) is 25.5 Å². The lowest BCUT2D eigenvalue weighted by Gasteiger charge is -2.22. The summed E-state index contributed by atoms with van der Waals surface area (Å²) in [6.07, 6.45) is 1.47. The van der Waals surface area contributed by atoms with Gasteiger partial charge in [-0.2, -0.15) is 0 Å². The van der Waals surface area contributed by atoms with Crippen LogP contribution >= 0.6 is 0 Å². The number of esters is 1. The van der Waals surface area contributed by atoms with Gasteiger partial charge in [0.25, 0.3) is 0 Å². The van der Waals surface area contributed by atoms with E-state index in [1.54, 1.807) is 25.1 Å². The quantitative estimate of drug-likeness (QED) is 0.708. The molecule has 0 saturated carbocycles. The predicted molar refractivity (Wildman–Crippen MR) is 83.3 cm³/mol. The Morgan fingerprint density at radius 2 is 2.09 bits per heavy atom.